The molecule has 0 saturated carbocycles. The molecular weight excluding hydrogens is 431 g/mol. The Hall–Kier alpha value is -0.750. The number of hydrogen-bond donors (Lipinski definition) is 3. The Kier molecular flexibility index (Phi) is 5.21. The van der Waals surface area contributed by atoms with Crippen molar-refractivity contribution in [2.24, 2.45) is 0 Å². The number of sulfonamides is 1. The van der Waals surface area contributed by atoms with Crippen LogP contribution in [-0.2, 0) is 14.8 Å². The summed E-state index contributed by atoms with van der Waals surface area (Å²) in [7, 11) is -3.41. The van der Waals surface area contributed by atoms with Crippen molar-refractivity contribution in [3.05, 3.63) is 24.3 Å². The molecule has 2 aliphatic heterocycles. The Labute approximate surface area is 149 Å². The van der Waals surface area contributed by atoms with E-state index in [1.165, 1.54) is 4.31 Å². The first-order chi connectivity index (χ1) is 11.0. The topological polar surface area (TPSA) is 90.5 Å². The molecule has 0 bridgehead atoms. The van der Waals surface area contributed by atoms with E-state index in [0.29, 0.717) is 18.8 Å². The molecule has 1 aromatic carbocycles. The van der Waals surface area contributed by atoms with Crippen molar-refractivity contribution in [1.82, 2.24) is 15.2 Å². The second-order valence-electron chi connectivity index (χ2n) is 5.64. The minimum atomic E-state index is -3.41. The van der Waals surface area contributed by atoms with Gasteiger partial charge in [-0.15, -0.1) is 0 Å². The average Bonchev–Trinajstić information content (AvgIpc) is 3.19. The summed E-state index contributed by atoms with van der Waals surface area (Å²) in [5.74, 6) is -0.135. The number of hydrogen-bond acceptors (Lipinski definition) is 5. The van der Waals surface area contributed by atoms with E-state index in [4.69, 9.17) is 0 Å². The molecule has 2 heterocycles. The summed E-state index contributed by atoms with van der Waals surface area (Å²) in [6.45, 7) is 1.89. The van der Waals surface area contributed by atoms with Crippen LogP contribution < -0.4 is 16.2 Å². The highest BCUT2D eigenvalue weighted by Crippen LogP contribution is 2.22. The Bertz CT molecular complexity index is 674. The summed E-state index contributed by atoms with van der Waals surface area (Å²) in [6, 6.07) is 6.05. The molecule has 2 saturated heterocycles. The number of hydrazine groups is 1. The van der Waals surface area contributed by atoms with E-state index < -0.39 is 10.0 Å². The minimum absolute atomic E-state index is 0.135. The molecule has 23 heavy (non-hydrogen) atoms. The van der Waals surface area contributed by atoms with Gasteiger partial charge in [-0.1, -0.05) is 22.6 Å². The summed E-state index contributed by atoms with van der Waals surface area (Å²) in [6.07, 6.45) is 1.82. The zero-order valence-corrected chi connectivity index (χ0v) is 15.4. The maximum Gasteiger partial charge on any atom is 0.243 e. The van der Waals surface area contributed by atoms with Crippen LogP contribution >= 0.6 is 22.6 Å². The molecule has 3 rings (SSSR count). The number of benzene rings is 1. The van der Waals surface area contributed by atoms with Gasteiger partial charge in [0.2, 0.25) is 15.9 Å². The molecule has 0 radical (unpaired) electrons. The number of nitrogens with one attached hydrogen (secondary N) is 3. The SMILES string of the molecule is O=C(Nc1ccc(S(=O)(=O)N2CCCC2)cc1)C1NNCC1I. The van der Waals surface area contributed by atoms with E-state index >= 15 is 0 Å². The fourth-order valence-electron chi connectivity index (χ4n) is 2.71. The molecule has 2 unspecified atom stereocenters. The summed E-state index contributed by atoms with van der Waals surface area (Å²) >= 11 is 2.22. The lowest BCUT2D eigenvalue weighted by Crippen LogP contribution is -2.42. The monoisotopic (exact) mass is 450 g/mol. The van der Waals surface area contributed by atoms with Gasteiger partial charge in [0.05, 0.1) is 8.82 Å². The number of carbonyl (C=O) groups excluding carboxylic acids is 1. The molecule has 9 heteroatoms. The number of carbonyl (C=O) groups is 1. The highest BCUT2D eigenvalue weighted by molar-refractivity contribution is 14.1. The Morgan fingerprint density at radius 1 is 1.22 bits per heavy atom. The van der Waals surface area contributed by atoms with Gasteiger partial charge in [0, 0.05) is 25.3 Å². The van der Waals surface area contributed by atoms with E-state index in [2.05, 4.69) is 38.8 Å². The molecule has 0 spiro atoms. The van der Waals surface area contributed by atoms with Crippen molar-refractivity contribution in [3.8, 4) is 0 Å². The zero-order chi connectivity index (χ0) is 16.4. The van der Waals surface area contributed by atoms with Gasteiger partial charge in [0.15, 0.2) is 0 Å². The zero-order valence-electron chi connectivity index (χ0n) is 12.5. The second kappa shape index (κ2) is 7.01. The van der Waals surface area contributed by atoms with Gasteiger partial charge >= 0.3 is 0 Å². The summed E-state index contributed by atoms with van der Waals surface area (Å²) < 4.78 is 26.6. The van der Waals surface area contributed by atoms with Crippen LogP contribution in [0.2, 0.25) is 0 Å². The quantitative estimate of drug-likeness (QED) is 0.464. The van der Waals surface area contributed by atoms with Crippen LogP contribution in [0, 0.1) is 0 Å². The smallest absolute Gasteiger partial charge is 0.243 e. The van der Waals surface area contributed by atoms with Crippen LogP contribution in [0.3, 0.4) is 0 Å². The minimum Gasteiger partial charge on any atom is -0.325 e. The predicted octanol–water partition coefficient (Wildman–Crippen LogP) is 0.690. The first-order valence-corrected chi connectivity index (χ1v) is 10.2. The van der Waals surface area contributed by atoms with Crippen molar-refractivity contribution in [2.45, 2.75) is 27.7 Å². The average molecular weight is 450 g/mol. The normalized spacial score (nSPS) is 25.6. The number of nitrogens with zero attached hydrogens (tertiary/aromatic N) is 1. The number of halogens is 1. The number of alkyl halides is 1. The highest BCUT2D eigenvalue weighted by atomic mass is 127. The molecule has 126 valence electrons. The van der Waals surface area contributed by atoms with Crippen LogP contribution in [0.1, 0.15) is 12.8 Å². The highest BCUT2D eigenvalue weighted by Gasteiger charge is 2.31. The van der Waals surface area contributed by atoms with E-state index in [-0.39, 0.29) is 20.8 Å². The standard InChI is InChI=1S/C14H19IN4O3S/c15-12-9-16-18-13(12)14(20)17-10-3-5-11(6-4-10)23(21,22)19-7-1-2-8-19/h3-6,12-13,16,18H,1-2,7-9H2,(H,17,20). The molecular formula is C14H19IN4O3S. The van der Waals surface area contributed by atoms with Crippen molar-refractivity contribution in [2.75, 3.05) is 25.0 Å². The van der Waals surface area contributed by atoms with E-state index in [1.807, 2.05) is 0 Å². The van der Waals surface area contributed by atoms with Crippen molar-refractivity contribution in [3.63, 3.8) is 0 Å². The number of amides is 1. The molecule has 0 aliphatic carbocycles. The largest absolute Gasteiger partial charge is 0.325 e. The van der Waals surface area contributed by atoms with Crippen LogP contribution in [0.5, 0.6) is 0 Å². The van der Waals surface area contributed by atoms with Gasteiger partial charge in [-0.3, -0.25) is 10.2 Å². The van der Waals surface area contributed by atoms with Crippen LogP contribution in [0.25, 0.3) is 0 Å². The maximum atomic E-state index is 12.4. The molecule has 2 fully saturated rings. The van der Waals surface area contributed by atoms with E-state index in [9.17, 15) is 13.2 Å². The van der Waals surface area contributed by atoms with Gasteiger partial charge < -0.3 is 5.32 Å². The lowest BCUT2D eigenvalue weighted by Gasteiger charge is -2.16. The molecule has 7 nitrogen and oxygen atoms in total. The summed E-state index contributed by atoms with van der Waals surface area (Å²) in [4.78, 5) is 12.4. The van der Waals surface area contributed by atoms with E-state index in [1.54, 1.807) is 24.3 Å². The molecule has 0 aromatic heterocycles. The Morgan fingerprint density at radius 2 is 1.87 bits per heavy atom. The molecule has 2 aliphatic rings. The van der Waals surface area contributed by atoms with Crippen LogP contribution in [0.4, 0.5) is 5.69 Å². The number of anilines is 1. The fraction of sp³-hybridized carbons (Fsp3) is 0.500. The molecule has 1 amide bonds. The van der Waals surface area contributed by atoms with Crippen molar-refractivity contribution < 1.29 is 13.2 Å². The van der Waals surface area contributed by atoms with E-state index in [0.717, 1.165) is 19.4 Å². The second-order valence-corrected chi connectivity index (χ2v) is 9.18. The van der Waals surface area contributed by atoms with Crippen molar-refractivity contribution in [1.29, 1.82) is 0 Å². The summed E-state index contributed by atoms with van der Waals surface area (Å²) in [5.41, 5.74) is 6.46. The number of rotatable bonds is 4. The molecule has 2 atom stereocenters. The van der Waals surface area contributed by atoms with Crippen LogP contribution in [-0.4, -0.2) is 48.2 Å². The maximum absolute atomic E-state index is 12.4. The molecule has 3 N–H and O–H groups in total. The summed E-state index contributed by atoms with van der Waals surface area (Å²) in [5, 5.41) is 2.81. The van der Waals surface area contributed by atoms with Gasteiger partial charge in [-0.25, -0.2) is 13.8 Å². The Morgan fingerprint density at radius 3 is 2.43 bits per heavy atom. The third-order valence-corrected chi connectivity index (χ3v) is 7.10. The molecule has 1 aromatic rings. The van der Waals surface area contributed by atoms with Crippen LogP contribution in [0.15, 0.2) is 29.2 Å². The lowest BCUT2D eigenvalue weighted by molar-refractivity contribution is -0.117. The van der Waals surface area contributed by atoms with Gasteiger partial charge in [-0.2, -0.15) is 4.31 Å². The predicted molar refractivity (Wildman–Crippen MR) is 95.8 cm³/mol. The van der Waals surface area contributed by atoms with Crippen molar-refractivity contribution >= 4 is 44.2 Å². The first kappa shape index (κ1) is 17.1. The third kappa shape index (κ3) is 3.68. The lowest BCUT2D eigenvalue weighted by atomic mass is 10.2. The van der Waals surface area contributed by atoms with Gasteiger partial charge in [-0.05, 0) is 37.1 Å². The third-order valence-electron chi connectivity index (χ3n) is 4.02. The Balaban J connectivity index is 1.68. The van der Waals surface area contributed by atoms with Gasteiger partial charge in [0.1, 0.15) is 6.04 Å². The first-order valence-electron chi connectivity index (χ1n) is 7.52. The van der Waals surface area contributed by atoms with Gasteiger partial charge in [0.25, 0.3) is 0 Å². The fourth-order valence-corrected chi connectivity index (χ4v) is 4.96.